The van der Waals surface area contributed by atoms with Crippen molar-refractivity contribution in [2.75, 3.05) is 11.5 Å². The average molecular weight is 304 g/mol. The number of rotatable bonds is 3. The molecule has 1 aromatic carbocycles. The summed E-state index contributed by atoms with van der Waals surface area (Å²) in [6, 6.07) is 8.62. The summed E-state index contributed by atoms with van der Waals surface area (Å²) >= 11 is 5.87. The molecular weight excluding hydrogens is 290 g/mol. The van der Waals surface area contributed by atoms with E-state index in [1.54, 1.807) is 0 Å². The third-order valence-corrected chi connectivity index (χ3v) is 5.17. The van der Waals surface area contributed by atoms with Crippen molar-refractivity contribution in [2.24, 2.45) is 0 Å². The average Bonchev–Trinajstić information content (AvgIpc) is 2.61. The van der Waals surface area contributed by atoms with Crippen LogP contribution in [0.1, 0.15) is 5.56 Å². The zero-order chi connectivity index (χ0) is 13.9. The second-order valence-electron chi connectivity index (χ2n) is 4.41. The zero-order valence-corrected chi connectivity index (χ0v) is 11.7. The van der Waals surface area contributed by atoms with Gasteiger partial charge in [0.25, 0.3) is 0 Å². The third-order valence-electron chi connectivity index (χ3n) is 2.80. The van der Waals surface area contributed by atoms with Crippen LogP contribution in [0, 0.1) is 0 Å². The summed E-state index contributed by atoms with van der Waals surface area (Å²) in [4.78, 5) is 11.5. The molecule has 1 aromatic rings. The Morgan fingerprint density at radius 3 is 2.58 bits per heavy atom. The lowest BCUT2D eigenvalue weighted by Gasteiger charge is -2.14. The number of nitrogens with one attached hydrogen (secondary N) is 1. The Hall–Kier alpha value is -1.27. The van der Waals surface area contributed by atoms with E-state index in [2.05, 4.69) is 5.32 Å². The van der Waals surface area contributed by atoms with Crippen LogP contribution >= 0.6 is 11.6 Å². The monoisotopic (exact) mass is 303 g/mol. The first-order valence-corrected chi connectivity index (χ1v) is 8.04. The largest absolute Gasteiger partial charge is 0.445 e. The maximum absolute atomic E-state index is 11.5. The normalized spacial score (nSPS) is 24.9. The van der Waals surface area contributed by atoms with E-state index in [1.807, 2.05) is 30.3 Å². The molecule has 1 aliphatic rings. The first-order chi connectivity index (χ1) is 8.96. The Morgan fingerprint density at radius 1 is 1.32 bits per heavy atom. The fraction of sp³-hybridized carbons (Fsp3) is 0.417. The van der Waals surface area contributed by atoms with Gasteiger partial charge in [-0.1, -0.05) is 30.3 Å². The molecule has 0 bridgehead atoms. The molecular formula is C12H14ClNO4S. The van der Waals surface area contributed by atoms with E-state index in [0.29, 0.717) is 0 Å². The van der Waals surface area contributed by atoms with Gasteiger partial charge in [0.05, 0.1) is 22.9 Å². The van der Waals surface area contributed by atoms with E-state index in [0.717, 1.165) is 5.56 Å². The second kappa shape index (κ2) is 5.79. The molecule has 19 heavy (non-hydrogen) atoms. The smallest absolute Gasteiger partial charge is 0.407 e. The Kier molecular flexibility index (Phi) is 4.31. The maximum atomic E-state index is 11.5. The van der Waals surface area contributed by atoms with Crippen molar-refractivity contribution < 1.29 is 17.9 Å². The molecule has 5 nitrogen and oxygen atoms in total. The molecule has 0 spiro atoms. The molecule has 2 rings (SSSR count). The van der Waals surface area contributed by atoms with Crippen molar-refractivity contribution in [3.8, 4) is 0 Å². The molecule has 0 unspecified atom stereocenters. The number of halogens is 1. The van der Waals surface area contributed by atoms with Crippen molar-refractivity contribution in [1.29, 1.82) is 0 Å². The molecule has 7 heteroatoms. The van der Waals surface area contributed by atoms with Gasteiger partial charge in [-0.25, -0.2) is 13.2 Å². The number of hydrogen-bond acceptors (Lipinski definition) is 4. The van der Waals surface area contributed by atoms with Gasteiger partial charge in [0.2, 0.25) is 0 Å². The Labute approximate surface area is 116 Å². The number of carbonyl (C=O) groups excluding carboxylic acids is 1. The topological polar surface area (TPSA) is 72.5 Å². The van der Waals surface area contributed by atoms with E-state index < -0.39 is 27.3 Å². The van der Waals surface area contributed by atoms with E-state index in [1.165, 1.54) is 0 Å². The van der Waals surface area contributed by atoms with Crippen molar-refractivity contribution >= 4 is 27.5 Å². The van der Waals surface area contributed by atoms with Crippen LogP contribution in [-0.2, 0) is 21.2 Å². The van der Waals surface area contributed by atoms with Crippen LogP contribution in [0.4, 0.5) is 4.79 Å². The van der Waals surface area contributed by atoms with Gasteiger partial charge in [-0.15, -0.1) is 11.6 Å². The Bertz CT molecular complexity index is 546. The lowest BCUT2D eigenvalue weighted by molar-refractivity contribution is 0.136. The van der Waals surface area contributed by atoms with E-state index in [9.17, 15) is 13.2 Å². The summed E-state index contributed by atoms with van der Waals surface area (Å²) < 4.78 is 27.7. The molecule has 0 radical (unpaired) electrons. The number of benzene rings is 1. The van der Waals surface area contributed by atoms with E-state index >= 15 is 0 Å². The fourth-order valence-corrected chi connectivity index (χ4v) is 4.40. The predicted octanol–water partition coefficient (Wildman–Crippen LogP) is 1.32. The summed E-state index contributed by atoms with van der Waals surface area (Å²) in [5.41, 5.74) is 0.860. The van der Waals surface area contributed by atoms with Crippen molar-refractivity contribution in [2.45, 2.75) is 18.0 Å². The van der Waals surface area contributed by atoms with Crippen LogP contribution in [0.15, 0.2) is 30.3 Å². The summed E-state index contributed by atoms with van der Waals surface area (Å²) in [5, 5.41) is 1.88. The minimum Gasteiger partial charge on any atom is -0.445 e. The van der Waals surface area contributed by atoms with E-state index in [-0.39, 0.29) is 18.1 Å². The van der Waals surface area contributed by atoms with Crippen LogP contribution in [-0.4, -0.2) is 37.4 Å². The molecule has 1 aliphatic heterocycles. The molecule has 1 amide bonds. The molecule has 1 saturated heterocycles. The van der Waals surface area contributed by atoms with E-state index in [4.69, 9.17) is 16.3 Å². The molecule has 0 saturated carbocycles. The number of carbonyl (C=O) groups is 1. The number of alkyl carbamates (subject to hydrolysis) is 1. The lowest BCUT2D eigenvalue weighted by atomic mass is 10.2. The van der Waals surface area contributed by atoms with Crippen LogP contribution in [0.2, 0.25) is 0 Å². The summed E-state index contributed by atoms with van der Waals surface area (Å²) in [6.45, 7) is 0.138. The highest BCUT2D eigenvalue weighted by Crippen LogP contribution is 2.18. The number of ether oxygens (including phenoxy) is 1. The molecule has 0 aromatic heterocycles. The number of hydrogen-bond donors (Lipinski definition) is 1. The van der Waals surface area contributed by atoms with Gasteiger partial charge in [-0.05, 0) is 5.56 Å². The van der Waals surface area contributed by atoms with Crippen LogP contribution in [0.3, 0.4) is 0 Å². The van der Waals surface area contributed by atoms with Crippen molar-refractivity contribution in [3.05, 3.63) is 35.9 Å². The second-order valence-corrected chi connectivity index (χ2v) is 7.12. The van der Waals surface area contributed by atoms with Gasteiger partial charge in [-0.2, -0.15) is 0 Å². The predicted molar refractivity (Wildman–Crippen MR) is 71.8 cm³/mol. The number of sulfone groups is 1. The summed E-state index contributed by atoms with van der Waals surface area (Å²) in [6.07, 6.45) is -0.656. The van der Waals surface area contributed by atoms with Crippen molar-refractivity contribution in [3.63, 3.8) is 0 Å². The van der Waals surface area contributed by atoms with Crippen LogP contribution < -0.4 is 5.32 Å². The first-order valence-electron chi connectivity index (χ1n) is 5.78. The SMILES string of the molecule is O=C(N[C@@H]1CS(=O)(=O)C[C@@H]1Cl)OCc1ccccc1. The van der Waals surface area contributed by atoms with Crippen LogP contribution in [0.25, 0.3) is 0 Å². The van der Waals surface area contributed by atoms with Crippen LogP contribution in [0.5, 0.6) is 0 Å². The van der Waals surface area contributed by atoms with Gasteiger partial charge in [0.15, 0.2) is 9.84 Å². The van der Waals surface area contributed by atoms with Gasteiger partial charge >= 0.3 is 6.09 Å². The molecule has 2 atom stereocenters. The minimum absolute atomic E-state index is 0.113. The minimum atomic E-state index is -3.16. The van der Waals surface area contributed by atoms with Gasteiger partial charge in [0, 0.05) is 0 Å². The highest BCUT2D eigenvalue weighted by atomic mass is 35.5. The Balaban J connectivity index is 1.82. The quantitative estimate of drug-likeness (QED) is 0.855. The summed E-state index contributed by atoms with van der Waals surface area (Å²) in [5.74, 6) is -0.250. The van der Waals surface area contributed by atoms with Crippen molar-refractivity contribution in [1.82, 2.24) is 5.32 Å². The number of alkyl halides is 1. The molecule has 1 N–H and O–H groups in total. The van der Waals surface area contributed by atoms with Gasteiger partial charge < -0.3 is 10.1 Å². The molecule has 0 aliphatic carbocycles. The standard InChI is InChI=1S/C12H14ClNO4S/c13-10-7-19(16,17)8-11(10)14-12(15)18-6-9-4-2-1-3-5-9/h1-5,10-11H,6-8H2,(H,14,15)/t10-,11+/m0/s1. The molecule has 1 heterocycles. The first kappa shape index (κ1) is 14.1. The third kappa shape index (κ3) is 4.11. The highest BCUT2D eigenvalue weighted by Gasteiger charge is 2.37. The molecule has 1 fully saturated rings. The molecule has 104 valence electrons. The summed E-state index contributed by atoms with van der Waals surface area (Å²) in [7, 11) is -3.16. The zero-order valence-electron chi connectivity index (χ0n) is 10.1. The van der Waals surface area contributed by atoms with Gasteiger partial charge in [-0.3, -0.25) is 0 Å². The number of amides is 1. The fourth-order valence-electron chi connectivity index (χ4n) is 1.85. The highest BCUT2D eigenvalue weighted by molar-refractivity contribution is 7.91. The van der Waals surface area contributed by atoms with Gasteiger partial charge in [0.1, 0.15) is 6.61 Å². The lowest BCUT2D eigenvalue weighted by Crippen LogP contribution is -2.40. The Morgan fingerprint density at radius 2 is 2.00 bits per heavy atom. The maximum Gasteiger partial charge on any atom is 0.407 e.